The second-order valence-corrected chi connectivity index (χ2v) is 17.1. The fourth-order valence-electron chi connectivity index (χ4n) is 10.4. The van der Waals surface area contributed by atoms with E-state index in [1.54, 1.807) is 46.2 Å². The Morgan fingerprint density at radius 3 is 2.49 bits per heavy atom. The van der Waals surface area contributed by atoms with Crippen molar-refractivity contribution in [1.29, 1.82) is 0 Å². The zero-order valence-electron chi connectivity index (χ0n) is 30.1. The maximum absolute atomic E-state index is 15.1. The normalized spacial score (nSPS) is 28.8. The fraction of sp³-hybridized carbons (Fsp3) is 0.439. The highest BCUT2D eigenvalue weighted by molar-refractivity contribution is 7.22. The number of hydrogen-bond acceptors (Lipinski definition) is 8. The van der Waals surface area contributed by atoms with Gasteiger partial charge >= 0.3 is 0 Å². The number of amides is 4. The van der Waals surface area contributed by atoms with Crippen molar-refractivity contribution < 1.29 is 29.0 Å². The first-order valence-corrected chi connectivity index (χ1v) is 19.7. The number of imide groups is 2. The SMILES string of the molecule is COc1ccc(C2C3=CCC4C(=O)N(C5CCCCC5)C(=O)C4C3CC3C(=O)N(c4cc(-c5sc6ccc(Cl)cc6c5C)nn4C)C(=O)C32C)c(O)c1. The minimum atomic E-state index is -1.30. The van der Waals surface area contributed by atoms with E-state index in [-0.39, 0.29) is 41.8 Å². The van der Waals surface area contributed by atoms with Crippen LogP contribution in [0.2, 0.25) is 5.02 Å². The van der Waals surface area contributed by atoms with Crippen LogP contribution in [0.5, 0.6) is 11.5 Å². The van der Waals surface area contributed by atoms with Gasteiger partial charge in [0.2, 0.25) is 23.6 Å². The topological polar surface area (TPSA) is 122 Å². The lowest BCUT2D eigenvalue weighted by molar-refractivity contribution is -0.144. The number of aromatic hydroxyl groups is 1. The van der Waals surface area contributed by atoms with E-state index in [1.807, 2.05) is 38.1 Å². The average Bonchev–Trinajstić information content (AvgIpc) is 3.82. The summed E-state index contributed by atoms with van der Waals surface area (Å²) in [5.74, 6) is -3.41. The monoisotopic (exact) mass is 752 g/mol. The van der Waals surface area contributed by atoms with Gasteiger partial charge in [-0.05, 0) is 80.7 Å². The summed E-state index contributed by atoms with van der Waals surface area (Å²) in [6.07, 6.45) is 7.35. The van der Waals surface area contributed by atoms with Crippen LogP contribution < -0.4 is 9.64 Å². The Labute approximate surface area is 316 Å². The molecule has 274 valence electrons. The number of phenolic OH excluding ortho intramolecular Hbond substituents is 1. The maximum atomic E-state index is 15.1. The molecular weight excluding hydrogens is 712 g/mol. The number of nitrogens with zero attached hydrogens (tertiary/aromatic N) is 4. The molecule has 2 aromatic carbocycles. The smallest absolute Gasteiger partial charge is 0.242 e. The Hall–Kier alpha value is -4.48. The quantitative estimate of drug-likeness (QED) is 0.165. The van der Waals surface area contributed by atoms with Gasteiger partial charge in [0, 0.05) is 46.4 Å². The summed E-state index contributed by atoms with van der Waals surface area (Å²) < 4.78 is 8.03. The molecule has 0 radical (unpaired) electrons. The van der Waals surface area contributed by atoms with Gasteiger partial charge in [-0.3, -0.25) is 28.8 Å². The summed E-state index contributed by atoms with van der Waals surface area (Å²) in [6, 6.07) is 12.5. The van der Waals surface area contributed by atoms with Crippen LogP contribution in [-0.2, 0) is 26.2 Å². The molecule has 4 fully saturated rings. The van der Waals surface area contributed by atoms with Crippen molar-refractivity contribution in [2.24, 2.45) is 36.1 Å². The standard InChI is InChI=1S/C41H41ClN4O6S/c1-20-27-16-21(42)10-15-32(27)53-36(20)30-19-33(44(3)43-30)46-38(49)29-18-28-24(35(41(29,2)40(46)51)25-12-11-23(52-4)17-31(25)47)13-14-26-34(28)39(50)45(37(26)48)22-8-6-5-7-9-22/h10-13,15-17,19,22,26,28-29,34-35,47H,5-9,14,18H2,1-4H3. The summed E-state index contributed by atoms with van der Waals surface area (Å²) in [5, 5.41) is 18.0. The molecule has 3 aliphatic carbocycles. The van der Waals surface area contributed by atoms with Crippen LogP contribution in [0.1, 0.15) is 68.9 Å². The Balaban J connectivity index is 1.15. The van der Waals surface area contributed by atoms with E-state index in [1.165, 1.54) is 18.1 Å². The minimum Gasteiger partial charge on any atom is -0.508 e. The van der Waals surface area contributed by atoms with E-state index >= 15 is 4.79 Å². The highest BCUT2D eigenvalue weighted by Crippen LogP contribution is 2.64. The van der Waals surface area contributed by atoms with Crippen molar-refractivity contribution >= 4 is 62.5 Å². The highest BCUT2D eigenvalue weighted by atomic mass is 35.5. The number of aryl methyl sites for hydroxylation is 2. The van der Waals surface area contributed by atoms with E-state index in [9.17, 15) is 19.5 Å². The molecule has 4 amide bonds. The van der Waals surface area contributed by atoms with Gasteiger partial charge in [-0.15, -0.1) is 11.3 Å². The molecule has 0 bridgehead atoms. The predicted octanol–water partition coefficient (Wildman–Crippen LogP) is 7.54. The second kappa shape index (κ2) is 12.3. The summed E-state index contributed by atoms with van der Waals surface area (Å²) in [4.78, 5) is 62.1. The van der Waals surface area contributed by atoms with Crippen molar-refractivity contribution in [3.63, 3.8) is 0 Å². The number of ether oxygens (including phenoxy) is 1. The lowest BCUT2D eigenvalue weighted by atomic mass is 9.51. The van der Waals surface area contributed by atoms with E-state index in [0.29, 0.717) is 34.3 Å². The van der Waals surface area contributed by atoms with Crippen molar-refractivity contribution in [1.82, 2.24) is 14.7 Å². The Bertz CT molecular complexity index is 2290. The first kappa shape index (κ1) is 34.3. The molecule has 53 heavy (non-hydrogen) atoms. The predicted molar refractivity (Wildman–Crippen MR) is 202 cm³/mol. The molecular formula is C41H41ClN4O6S. The van der Waals surface area contributed by atoms with E-state index in [2.05, 4.69) is 0 Å². The van der Waals surface area contributed by atoms with Crippen LogP contribution in [0.3, 0.4) is 0 Å². The molecule has 6 atom stereocenters. The van der Waals surface area contributed by atoms with Crippen molar-refractivity contribution in [2.75, 3.05) is 12.0 Å². The summed E-state index contributed by atoms with van der Waals surface area (Å²) >= 11 is 7.89. The number of fused-ring (bicyclic) bond motifs is 5. The molecule has 2 aromatic heterocycles. The van der Waals surface area contributed by atoms with E-state index < -0.39 is 35.0 Å². The van der Waals surface area contributed by atoms with E-state index in [4.69, 9.17) is 21.4 Å². The number of anilines is 1. The average molecular weight is 753 g/mol. The van der Waals surface area contributed by atoms with Crippen molar-refractivity contribution in [2.45, 2.75) is 70.8 Å². The Morgan fingerprint density at radius 2 is 1.75 bits per heavy atom. The lowest BCUT2D eigenvalue weighted by Crippen LogP contribution is -2.49. The number of rotatable bonds is 5. The van der Waals surface area contributed by atoms with Gasteiger partial charge in [0.1, 0.15) is 23.0 Å². The van der Waals surface area contributed by atoms with Gasteiger partial charge < -0.3 is 9.84 Å². The number of thiophene rings is 1. The first-order valence-electron chi connectivity index (χ1n) is 18.5. The van der Waals surface area contributed by atoms with Gasteiger partial charge in [-0.2, -0.15) is 5.10 Å². The van der Waals surface area contributed by atoms with Crippen LogP contribution in [0.15, 0.2) is 54.1 Å². The molecule has 5 aliphatic rings. The number of aromatic nitrogens is 2. The van der Waals surface area contributed by atoms with Crippen molar-refractivity contribution in [3.05, 3.63) is 70.3 Å². The van der Waals surface area contributed by atoms with Gasteiger partial charge in [-0.25, -0.2) is 4.90 Å². The third kappa shape index (κ3) is 4.85. The largest absolute Gasteiger partial charge is 0.508 e. The van der Waals surface area contributed by atoms with Crippen molar-refractivity contribution in [3.8, 4) is 22.1 Å². The Kier molecular flexibility index (Phi) is 7.95. The molecule has 12 heteroatoms. The number of carbonyl (C=O) groups is 4. The summed E-state index contributed by atoms with van der Waals surface area (Å²) in [6.45, 7) is 3.84. The second-order valence-electron chi connectivity index (χ2n) is 15.6. The zero-order valence-corrected chi connectivity index (χ0v) is 31.7. The number of phenols is 1. The van der Waals surface area contributed by atoms with Crippen LogP contribution in [-0.4, -0.2) is 56.6 Å². The molecule has 4 aromatic rings. The number of methoxy groups -OCH3 is 1. The molecule has 9 rings (SSSR count). The van der Waals surface area contributed by atoms with Gasteiger partial charge in [0.25, 0.3) is 0 Å². The van der Waals surface area contributed by atoms with Crippen LogP contribution >= 0.6 is 22.9 Å². The zero-order chi connectivity index (χ0) is 37.1. The number of halogens is 1. The molecule has 1 N–H and O–H groups in total. The molecule has 2 saturated carbocycles. The molecule has 2 aliphatic heterocycles. The van der Waals surface area contributed by atoms with Gasteiger partial charge in [0.05, 0.1) is 35.2 Å². The molecule has 6 unspecified atom stereocenters. The molecule has 2 saturated heterocycles. The van der Waals surface area contributed by atoms with Crippen LogP contribution in [0.4, 0.5) is 5.82 Å². The van der Waals surface area contributed by atoms with Gasteiger partial charge in [-0.1, -0.05) is 48.6 Å². The number of allylic oxidation sites excluding steroid dienone is 2. The van der Waals surface area contributed by atoms with Crippen LogP contribution in [0.25, 0.3) is 20.7 Å². The number of benzene rings is 2. The van der Waals surface area contributed by atoms with Crippen LogP contribution in [0, 0.1) is 36.0 Å². The summed E-state index contributed by atoms with van der Waals surface area (Å²) in [7, 11) is 3.24. The third-order valence-electron chi connectivity index (χ3n) is 13.0. The highest BCUT2D eigenvalue weighted by Gasteiger charge is 2.68. The van der Waals surface area contributed by atoms with Gasteiger partial charge in [0.15, 0.2) is 0 Å². The third-order valence-corrected chi connectivity index (χ3v) is 14.5. The number of likely N-dealkylation sites (tertiary alicyclic amines) is 1. The van der Waals surface area contributed by atoms with E-state index in [0.717, 1.165) is 58.2 Å². The maximum Gasteiger partial charge on any atom is 0.242 e. The minimum absolute atomic E-state index is 0.0579. The molecule has 0 spiro atoms. The number of hydrogen-bond donors (Lipinski definition) is 1. The first-order chi connectivity index (χ1) is 25.4. The lowest BCUT2D eigenvalue weighted by Gasteiger charge is -2.49. The molecule has 10 nitrogen and oxygen atoms in total. The Morgan fingerprint density at radius 1 is 0.981 bits per heavy atom. The molecule has 4 heterocycles. The fourth-order valence-corrected chi connectivity index (χ4v) is 11.7. The number of carbonyl (C=O) groups excluding carboxylic acids is 4. The summed E-state index contributed by atoms with van der Waals surface area (Å²) in [5.41, 5.74) is 1.67.